The summed E-state index contributed by atoms with van der Waals surface area (Å²) in [5, 5.41) is 14.4. The molecule has 0 aliphatic carbocycles. The number of nitrogens with one attached hydrogen (secondary N) is 1. The molecule has 2 aromatic rings. The number of hydrogen-bond donors (Lipinski definition) is 1. The average molecular weight is 461 g/mol. The van der Waals surface area contributed by atoms with Crippen molar-refractivity contribution in [3.63, 3.8) is 0 Å². The van der Waals surface area contributed by atoms with Gasteiger partial charge in [-0.2, -0.15) is 0 Å². The van der Waals surface area contributed by atoms with Crippen molar-refractivity contribution in [3.8, 4) is 5.75 Å². The lowest BCUT2D eigenvalue weighted by atomic mass is 10.1. The van der Waals surface area contributed by atoms with E-state index in [9.17, 15) is 19.7 Å². The Balaban J connectivity index is 1.45. The fourth-order valence-electron chi connectivity index (χ4n) is 3.50. The molecule has 1 aliphatic rings. The fourth-order valence-corrected chi connectivity index (χ4v) is 3.71. The molecule has 10 heteroatoms. The molecule has 32 heavy (non-hydrogen) atoms. The first-order chi connectivity index (χ1) is 15.4. The van der Waals surface area contributed by atoms with Gasteiger partial charge in [-0.15, -0.1) is 0 Å². The number of nitrogens with zero attached hydrogens (tertiary/aromatic N) is 3. The number of anilines is 1. The lowest BCUT2D eigenvalue weighted by Gasteiger charge is -2.34. The van der Waals surface area contributed by atoms with Crippen LogP contribution in [-0.2, 0) is 16.0 Å². The highest BCUT2D eigenvalue weighted by molar-refractivity contribution is 6.31. The summed E-state index contributed by atoms with van der Waals surface area (Å²) < 4.78 is 5.00. The van der Waals surface area contributed by atoms with Crippen molar-refractivity contribution in [2.24, 2.45) is 0 Å². The molecule has 2 amide bonds. The van der Waals surface area contributed by atoms with E-state index in [-0.39, 0.29) is 36.0 Å². The highest BCUT2D eigenvalue weighted by Gasteiger charge is 2.23. The molecule has 2 aromatic carbocycles. The van der Waals surface area contributed by atoms with E-state index >= 15 is 0 Å². The molecular formula is C22H25ClN4O5. The molecular weight excluding hydrogens is 436 g/mol. The van der Waals surface area contributed by atoms with Crippen molar-refractivity contribution in [1.29, 1.82) is 0 Å². The van der Waals surface area contributed by atoms with E-state index < -0.39 is 4.92 Å². The van der Waals surface area contributed by atoms with Crippen LogP contribution in [-0.4, -0.2) is 66.4 Å². The van der Waals surface area contributed by atoms with Crippen LogP contribution in [0.1, 0.15) is 12.0 Å². The van der Waals surface area contributed by atoms with Crippen molar-refractivity contribution >= 4 is 34.8 Å². The minimum Gasteiger partial charge on any atom is -0.496 e. The number of methoxy groups -OCH3 is 1. The molecule has 170 valence electrons. The van der Waals surface area contributed by atoms with Gasteiger partial charge < -0.3 is 15.0 Å². The predicted molar refractivity (Wildman–Crippen MR) is 121 cm³/mol. The highest BCUT2D eigenvalue weighted by atomic mass is 35.5. The molecule has 3 rings (SSSR count). The lowest BCUT2D eigenvalue weighted by Crippen LogP contribution is -2.49. The van der Waals surface area contributed by atoms with E-state index in [0.29, 0.717) is 43.5 Å². The number of hydrogen-bond acceptors (Lipinski definition) is 6. The number of amides is 2. The summed E-state index contributed by atoms with van der Waals surface area (Å²) in [7, 11) is 1.42. The van der Waals surface area contributed by atoms with Gasteiger partial charge in [0.1, 0.15) is 11.4 Å². The maximum atomic E-state index is 12.5. The molecule has 0 radical (unpaired) electrons. The van der Waals surface area contributed by atoms with E-state index in [0.717, 1.165) is 5.56 Å². The summed E-state index contributed by atoms with van der Waals surface area (Å²) >= 11 is 6.14. The van der Waals surface area contributed by atoms with E-state index in [1.54, 1.807) is 17.0 Å². The van der Waals surface area contributed by atoms with E-state index in [1.165, 1.54) is 19.2 Å². The topological polar surface area (TPSA) is 105 Å². The zero-order valence-electron chi connectivity index (χ0n) is 17.8. The number of piperazine rings is 1. The Labute approximate surface area is 191 Å². The first-order valence-electron chi connectivity index (χ1n) is 10.2. The Bertz CT molecular complexity index is 992. The van der Waals surface area contributed by atoms with Crippen molar-refractivity contribution in [3.05, 3.63) is 63.2 Å². The number of ether oxygens (including phenoxy) is 1. The van der Waals surface area contributed by atoms with Crippen LogP contribution < -0.4 is 10.1 Å². The van der Waals surface area contributed by atoms with Gasteiger partial charge in [-0.3, -0.25) is 24.6 Å². The third-order valence-corrected chi connectivity index (χ3v) is 5.72. The summed E-state index contributed by atoms with van der Waals surface area (Å²) in [5.74, 6) is 0.0643. The van der Waals surface area contributed by atoms with E-state index in [1.807, 2.05) is 18.2 Å². The molecule has 1 fully saturated rings. The Morgan fingerprint density at radius 2 is 1.88 bits per heavy atom. The van der Waals surface area contributed by atoms with Crippen molar-refractivity contribution in [1.82, 2.24) is 9.80 Å². The summed E-state index contributed by atoms with van der Waals surface area (Å²) in [6.45, 7) is 2.97. The monoisotopic (exact) mass is 460 g/mol. The Morgan fingerprint density at radius 1 is 1.16 bits per heavy atom. The van der Waals surface area contributed by atoms with Crippen LogP contribution in [0, 0.1) is 10.1 Å². The van der Waals surface area contributed by atoms with Crippen molar-refractivity contribution in [2.45, 2.75) is 12.8 Å². The van der Waals surface area contributed by atoms with Crippen molar-refractivity contribution < 1.29 is 19.2 Å². The Kier molecular flexibility index (Phi) is 8.02. The molecule has 1 aliphatic heterocycles. The molecule has 0 atom stereocenters. The normalized spacial score (nSPS) is 14.1. The van der Waals surface area contributed by atoms with Crippen LogP contribution in [0.15, 0.2) is 42.5 Å². The van der Waals surface area contributed by atoms with Crippen LogP contribution in [0.3, 0.4) is 0 Å². The summed E-state index contributed by atoms with van der Waals surface area (Å²) in [5.41, 5.74) is 0.727. The van der Waals surface area contributed by atoms with Crippen LogP contribution in [0.25, 0.3) is 0 Å². The van der Waals surface area contributed by atoms with Crippen LogP contribution >= 0.6 is 11.6 Å². The smallest absolute Gasteiger partial charge is 0.296 e. The fraction of sp³-hybridized carbons (Fsp3) is 0.364. The van der Waals surface area contributed by atoms with Crippen molar-refractivity contribution in [2.75, 3.05) is 45.2 Å². The highest BCUT2D eigenvalue weighted by Crippen LogP contribution is 2.29. The zero-order chi connectivity index (χ0) is 23.1. The molecule has 9 nitrogen and oxygen atoms in total. The molecule has 0 saturated carbocycles. The van der Waals surface area contributed by atoms with Gasteiger partial charge in [0.15, 0.2) is 0 Å². The number of carbonyl (C=O) groups excluding carboxylic acids is 2. The Morgan fingerprint density at radius 3 is 2.53 bits per heavy atom. The lowest BCUT2D eigenvalue weighted by molar-refractivity contribution is -0.384. The molecule has 0 spiro atoms. The second-order valence-corrected chi connectivity index (χ2v) is 7.84. The predicted octanol–water partition coefficient (Wildman–Crippen LogP) is 2.97. The Hall–Kier alpha value is -3.17. The minimum absolute atomic E-state index is 0.0299. The number of carbonyl (C=O) groups is 2. The first kappa shape index (κ1) is 23.5. The SMILES string of the molecule is COc1ccc(NC(=O)CCN2CCN(C(=O)Cc3ccccc3Cl)CC2)c([N+](=O)[O-])c1. The van der Waals surface area contributed by atoms with Gasteiger partial charge in [-0.05, 0) is 23.8 Å². The second-order valence-electron chi connectivity index (χ2n) is 7.43. The van der Waals surface area contributed by atoms with Gasteiger partial charge in [-0.25, -0.2) is 0 Å². The number of rotatable bonds is 8. The standard InChI is InChI=1S/C22H25ClN4O5/c1-32-17-6-7-19(20(15-17)27(30)31)24-21(28)8-9-25-10-12-26(13-11-25)22(29)14-16-4-2-3-5-18(16)23/h2-7,15H,8-14H2,1H3,(H,24,28). The van der Waals surface area contributed by atoms with Crippen LogP contribution in [0.5, 0.6) is 5.75 Å². The van der Waals surface area contributed by atoms with Crippen LogP contribution in [0.4, 0.5) is 11.4 Å². The number of halogens is 1. The molecule has 0 unspecified atom stereocenters. The third kappa shape index (κ3) is 6.18. The second kappa shape index (κ2) is 10.9. The summed E-state index contributed by atoms with van der Waals surface area (Å²) in [6.07, 6.45) is 0.458. The third-order valence-electron chi connectivity index (χ3n) is 5.36. The van der Waals surface area contributed by atoms with Gasteiger partial charge in [0.25, 0.3) is 5.69 Å². The summed E-state index contributed by atoms with van der Waals surface area (Å²) in [4.78, 5) is 39.5. The largest absolute Gasteiger partial charge is 0.496 e. The first-order valence-corrected chi connectivity index (χ1v) is 10.6. The van der Waals surface area contributed by atoms with Gasteiger partial charge in [0.2, 0.25) is 11.8 Å². The molecule has 0 aromatic heterocycles. The zero-order valence-corrected chi connectivity index (χ0v) is 18.5. The van der Waals surface area contributed by atoms with Gasteiger partial charge >= 0.3 is 0 Å². The van der Waals surface area contributed by atoms with Gasteiger partial charge in [-0.1, -0.05) is 29.8 Å². The average Bonchev–Trinajstić information content (AvgIpc) is 2.79. The quantitative estimate of drug-likeness (QED) is 0.479. The van der Waals surface area contributed by atoms with E-state index in [4.69, 9.17) is 16.3 Å². The summed E-state index contributed by atoms with van der Waals surface area (Å²) in [6, 6.07) is 11.6. The van der Waals surface area contributed by atoms with Gasteiger partial charge in [0.05, 0.1) is 24.5 Å². The maximum absolute atomic E-state index is 12.5. The number of nitro benzene ring substituents is 1. The molecule has 1 heterocycles. The maximum Gasteiger partial charge on any atom is 0.296 e. The van der Waals surface area contributed by atoms with Crippen LogP contribution in [0.2, 0.25) is 5.02 Å². The minimum atomic E-state index is -0.559. The number of nitro groups is 1. The molecule has 1 N–H and O–H groups in total. The molecule has 1 saturated heterocycles. The number of benzene rings is 2. The van der Waals surface area contributed by atoms with E-state index in [2.05, 4.69) is 10.2 Å². The molecule has 0 bridgehead atoms. The van der Waals surface area contributed by atoms with Gasteiger partial charge in [0, 0.05) is 44.2 Å².